The summed E-state index contributed by atoms with van der Waals surface area (Å²) in [6.45, 7) is 1.75. The van der Waals surface area contributed by atoms with Crippen molar-refractivity contribution in [1.82, 2.24) is 20.2 Å². The van der Waals surface area contributed by atoms with Gasteiger partial charge in [-0.3, -0.25) is 4.79 Å². The van der Waals surface area contributed by atoms with Gasteiger partial charge < -0.3 is 0 Å². The van der Waals surface area contributed by atoms with E-state index >= 15 is 0 Å². The Morgan fingerprint density at radius 3 is 3.00 bits per heavy atom. The molecule has 0 radical (unpaired) electrons. The van der Waals surface area contributed by atoms with Crippen molar-refractivity contribution in [2.24, 2.45) is 0 Å². The molecule has 0 bridgehead atoms. The standard InChI is InChI=1S/C7H10N4O/c1-5(12)4-11-9-7(8-10-11)6-2-3-6/h6H,2-4H2,1H3. The molecule has 2 rings (SSSR count). The van der Waals surface area contributed by atoms with Crippen LogP contribution in [0.15, 0.2) is 0 Å². The number of nitrogens with zero attached hydrogens (tertiary/aromatic N) is 4. The second-order valence-corrected chi connectivity index (χ2v) is 3.15. The van der Waals surface area contributed by atoms with Crippen molar-refractivity contribution in [2.45, 2.75) is 32.2 Å². The largest absolute Gasteiger partial charge is 0.298 e. The zero-order chi connectivity index (χ0) is 8.55. The number of Topliss-reactive ketones (excluding diaryl/α,β-unsaturated/α-hetero) is 1. The van der Waals surface area contributed by atoms with Crippen LogP contribution < -0.4 is 0 Å². The number of rotatable bonds is 3. The van der Waals surface area contributed by atoms with Crippen molar-refractivity contribution in [3.8, 4) is 0 Å². The van der Waals surface area contributed by atoms with Crippen LogP contribution in [0.1, 0.15) is 31.5 Å². The fourth-order valence-corrected chi connectivity index (χ4v) is 1.03. The van der Waals surface area contributed by atoms with Crippen LogP contribution in [0.3, 0.4) is 0 Å². The van der Waals surface area contributed by atoms with Gasteiger partial charge in [0.25, 0.3) is 0 Å². The van der Waals surface area contributed by atoms with Crippen LogP contribution in [0.2, 0.25) is 0 Å². The van der Waals surface area contributed by atoms with Crippen molar-refractivity contribution in [2.75, 3.05) is 0 Å². The molecular formula is C7H10N4O. The number of ketones is 1. The quantitative estimate of drug-likeness (QED) is 0.640. The zero-order valence-electron chi connectivity index (χ0n) is 6.90. The van der Waals surface area contributed by atoms with Crippen LogP contribution in [0.5, 0.6) is 0 Å². The predicted octanol–water partition coefficient (Wildman–Crippen LogP) is 0.139. The number of tetrazole rings is 1. The highest BCUT2D eigenvalue weighted by Crippen LogP contribution is 2.37. The molecule has 1 aliphatic rings. The van der Waals surface area contributed by atoms with E-state index in [1.165, 1.54) is 11.7 Å². The van der Waals surface area contributed by atoms with E-state index in [9.17, 15) is 4.79 Å². The average Bonchev–Trinajstić information content (AvgIpc) is 2.73. The highest BCUT2D eigenvalue weighted by atomic mass is 16.1. The molecule has 1 aromatic heterocycles. The van der Waals surface area contributed by atoms with Crippen LogP contribution in [0.4, 0.5) is 0 Å². The lowest BCUT2D eigenvalue weighted by molar-refractivity contribution is -0.117. The summed E-state index contributed by atoms with van der Waals surface area (Å²) in [5.41, 5.74) is 0. The van der Waals surface area contributed by atoms with Crippen molar-refractivity contribution in [1.29, 1.82) is 0 Å². The molecule has 1 aromatic rings. The normalized spacial score (nSPS) is 16.4. The summed E-state index contributed by atoms with van der Waals surface area (Å²) < 4.78 is 0. The van der Waals surface area contributed by atoms with Gasteiger partial charge in [-0.1, -0.05) is 0 Å². The first-order chi connectivity index (χ1) is 5.75. The smallest absolute Gasteiger partial charge is 0.177 e. The summed E-state index contributed by atoms with van der Waals surface area (Å²) in [5, 5.41) is 11.7. The van der Waals surface area contributed by atoms with Gasteiger partial charge in [0, 0.05) is 5.92 Å². The second kappa shape index (κ2) is 2.66. The Morgan fingerprint density at radius 1 is 1.67 bits per heavy atom. The van der Waals surface area contributed by atoms with Crippen LogP contribution in [0.25, 0.3) is 0 Å². The van der Waals surface area contributed by atoms with Gasteiger partial charge in [-0.2, -0.15) is 4.80 Å². The maximum atomic E-state index is 10.7. The molecule has 1 heterocycles. The first-order valence-corrected chi connectivity index (χ1v) is 4.03. The monoisotopic (exact) mass is 166 g/mol. The Kier molecular flexibility index (Phi) is 1.64. The van der Waals surface area contributed by atoms with Crippen molar-refractivity contribution in [3.63, 3.8) is 0 Å². The fraction of sp³-hybridized carbons (Fsp3) is 0.714. The van der Waals surface area contributed by atoms with Crippen molar-refractivity contribution < 1.29 is 4.79 Å². The average molecular weight is 166 g/mol. The number of hydrogen-bond acceptors (Lipinski definition) is 4. The van der Waals surface area contributed by atoms with Gasteiger partial charge >= 0.3 is 0 Å². The minimum atomic E-state index is 0.0507. The highest BCUT2D eigenvalue weighted by molar-refractivity contribution is 5.74. The lowest BCUT2D eigenvalue weighted by atomic mass is 10.4. The van der Waals surface area contributed by atoms with E-state index in [1.807, 2.05) is 0 Å². The molecule has 1 saturated carbocycles. The first-order valence-electron chi connectivity index (χ1n) is 4.03. The first kappa shape index (κ1) is 7.39. The van der Waals surface area contributed by atoms with Gasteiger partial charge in [0.1, 0.15) is 6.54 Å². The van der Waals surface area contributed by atoms with Crippen LogP contribution >= 0.6 is 0 Å². The fourth-order valence-electron chi connectivity index (χ4n) is 1.03. The van der Waals surface area contributed by atoms with E-state index in [2.05, 4.69) is 15.4 Å². The van der Waals surface area contributed by atoms with E-state index in [0.717, 1.165) is 18.7 Å². The van der Waals surface area contributed by atoms with E-state index in [-0.39, 0.29) is 12.3 Å². The van der Waals surface area contributed by atoms with E-state index in [1.54, 1.807) is 0 Å². The molecule has 0 unspecified atom stereocenters. The summed E-state index contributed by atoms with van der Waals surface area (Å²) >= 11 is 0. The SMILES string of the molecule is CC(=O)Cn1nnc(C2CC2)n1. The van der Waals surface area contributed by atoms with E-state index < -0.39 is 0 Å². The Morgan fingerprint density at radius 2 is 2.42 bits per heavy atom. The third-order valence-electron chi connectivity index (χ3n) is 1.77. The third-order valence-corrected chi connectivity index (χ3v) is 1.77. The Hall–Kier alpha value is -1.26. The van der Waals surface area contributed by atoms with Crippen LogP contribution in [-0.2, 0) is 11.3 Å². The second-order valence-electron chi connectivity index (χ2n) is 3.15. The zero-order valence-corrected chi connectivity index (χ0v) is 6.90. The molecular weight excluding hydrogens is 156 g/mol. The molecule has 0 spiro atoms. The number of aromatic nitrogens is 4. The molecule has 0 aliphatic heterocycles. The Bertz CT molecular complexity index is 302. The molecule has 12 heavy (non-hydrogen) atoms. The lowest BCUT2D eigenvalue weighted by Gasteiger charge is -1.90. The molecule has 0 N–H and O–H groups in total. The molecule has 1 fully saturated rings. The van der Waals surface area contributed by atoms with Gasteiger partial charge in [0.2, 0.25) is 0 Å². The van der Waals surface area contributed by atoms with Crippen molar-refractivity contribution >= 4 is 5.78 Å². The summed E-state index contributed by atoms with van der Waals surface area (Å²) in [4.78, 5) is 12.0. The molecule has 0 saturated heterocycles. The van der Waals surface area contributed by atoms with Crippen molar-refractivity contribution in [3.05, 3.63) is 5.82 Å². The minimum absolute atomic E-state index is 0.0507. The maximum absolute atomic E-state index is 10.7. The van der Waals surface area contributed by atoms with Gasteiger partial charge in [-0.25, -0.2) is 0 Å². The third kappa shape index (κ3) is 1.49. The van der Waals surface area contributed by atoms with E-state index in [4.69, 9.17) is 0 Å². The van der Waals surface area contributed by atoms with Gasteiger partial charge in [-0.15, -0.1) is 10.2 Å². The Labute approximate surface area is 69.8 Å². The van der Waals surface area contributed by atoms with Gasteiger partial charge in [0.15, 0.2) is 11.6 Å². The molecule has 0 atom stereocenters. The van der Waals surface area contributed by atoms with Gasteiger partial charge in [-0.05, 0) is 25.0 Å². The molecule has 1 aliphatic carbocycles. The maximum Gasteiger partial charge on any atom is 0.177 e. The molecule has 5 nitrogen and oxygen atoms in total. The molecule has 0 aromatic carbocycles. The van der Waals surface area contributed by atoms with Crippen LogP contribution in [-0.4, -0.2) is 26.0 Å². The Balaban J connectivity index is 2.07. The number of carbonyl (C=O) groups excluding carboxylic acids is 1. The van der Waals surface area contributed by atoms with Gasteiger partial charge in [0.05, 0.1) is 0 Å². The summed E-state index contributed by atoms with van der Waals surface area (Å²) in [7, 11) is 0. The predicted molar refractivity (Wildman–Crippen MR) is 40.5 cm³/mol. The molecule has 5 heteroatoms. The summed E-state index contributed by atoms with van der Waals surface area (Å²) in [6, 6.07) is 0. The minimum Gasteiger partial charge on any atom is -0.298 e. The summed E-state index contributed by atoms with van der Waals surface area (Å²) in [6.07, 6.45) is 2.32. The summed E-state index contributed by atoms with van der Waals surface area (Å²) in [5.74, 6) is 1.34. The number of hydrogen-bond donors (Lipinski definition) is 0. The number of carbonyl (C=O) groups is 1. The van der Waals surface area contributed by atoms with Crippen LogP contribution in [0, 0.1) is 0 Å². The van der Waals surface area contributed by atoms with E-state index in [0.29, 0.717) is 5.92 Å². The topological polar surface area (TPSA) is 60.7 Å². The highest BCUT2D eigenvalue weighted by Gasteiger charge is 2.28. The molecule has 64 valence electrons. The lowest BCUT2D eigenvalue weighted by Crippen LogP contribution is -2.09. The molecule has 0 amide bonds.